The molecule has 4 saturated carbocycles. The molecular formula is C26H35N7O4. The smallest absolute Gasteiger partial charge is 0.405 e. The molecule has 0 saturated heterocycles. The Kier molecular flexibility index (Phi) is 6.33. The van der Waals surface area contributed by atoms with E-state index < -0.39 is 17.2 Å². The first-order valence-corrected chi connectivity index (χ1v) is 13.0. The van der Waals surface area contributed by atoms with Crippen molar-refractivity contribution < 1.29 is 19.1 Å². The van der Waals surface area contributed by atoms with E-state index in [2.05, 4.69) is 20.8 Å². The van der Waals surface area contributed by atoms with Gasteiger partial charge in [-0.2, -0.15) is 10.2 Å². The van der Waals surface area contributed by atoms with Gasteiger partial charge in [0.05, 0.1) is 11.7 Å². The van der Waals surface area contributed by atoms with Crippen molar-refractivity contribution in [1.29, 1.82) is 0 Å². The number of carbonyl (C=O) groups is 3. The fourth-order valence-corrected chi connectivity index (χ4v) is 6.75. The number of rotatable bonds is 8. The molecule has 2 heterocycles. The number of nitrogens with zero attached hydrogens (tertiary/aromatic N) is 4. The van der Waals surface area contributed by atoms with Crippen molar-refractivity contribution in [3.8, 4) is 5.82 Å². The molecule has 2 aromatic heterocycles. The summed E-state index contributed by atoms with van der Waals surface area (Å²) >= 11 is 0. The summed E-state index contributed by atoms with van der Waals surface area (Å²) in [5, 5.41) is 15.0. The Hall–Kier alpha value is -3.63. The lowest BCUT2D eigenvalue weighted by molar-refractivity contribution is -0.137. The molecule has 4 aliphatic carbocycles. The molecule has 2 aromatic rings. The Labute approximate surface area is 215 Å². The number of amides is 3. The van der Waals surface area contributed by atoms with Gasteiger partial charge in [0.1, 0.15) is 11.2 Å². The van der Waals surface area contributed by atoms with Gasteiger partial charge in [0.25, 0.3) is 5.91 Å². The molecule has 0 aromatic carbocycles. The van der Waals surface area contributed by atoms with Gasteiger partial charge < -0.3 is 21.1 Å². The van der Waals surface area contributed by atoms with E-state index in [0.717, 1.165) is 32.1 Å². The lowest BCUT2D eigenvalue weighted by Crippen LogP contribution is -2.63. The van der Waals surface area contributed by atoms with Crippen LogP contribution in [0.4, 0.5) is 4.79 Å². The molecule has 0 radical (unpaired) electrons. The third kappa shape index (κ3) is 4.99. The van der Waals surface area contributed by atoms with E-state index in [1.54, 1.807) is 47.1 Å². The van der Waals surface area contributed by atoms with Crippen molar-refractivity contribution in [3.05, 3.63) is 36.3 Å². The molecule has 4 N–H and O–H groups in total. The predicted octanol–water partition coefficient (Wildman–Crippen LogP) is 2.62. The number of primary amides is 1. The van der Waals surface area contributed by atoms with Crippen molar-refractivity contribution in [3.63, 3.8) is 0 Å². The van der Waals surface area contributed by atoms with Gasteiger partial charge in [-0.15, -0.1) is 0 Å². The summed E-state index contributed by atoms with van der Waals surface area (Å²) in [5.74, 6) is 1.20. The van der Waals surface area contributed by atoms with Crippen LogP contribution in [-0.4, -0.2) is 54.7 Å². The molecule has 0 spiro atoms. The number of ether oxygens (including phenoxy) is 1. The van der Waals surface area contributed by atoms with Crippen LogP contribution in [0.15, 0.2) is 30.7 Å². The largest absolute Gasteiger partial charge is 0.443 e. The molecule has 37 heavy (non-hydrogen) atoms. The topological polar surface area (TPSA) is 146 Å². The molecule has 3 amide bonds. The second kappa shape index (κ2) is 9.35. The summed E-state index contributed by atoms with van der Waals surface area (Å²) in [6.45, 7) is 5.59. The van der Waals surface area contributed by atoms with Crippen LogP contribution < -0.4 is 16.4 Å². The summed E-state index contributed by atoms with van der Waals surface area (Å²) in [7, 11) is 0. The third-order valence-corrected chi connectivity index (χ3v) is 7.98. The Morgan fingerprint density at radius 2 is 1.95 bits per heavy atom. The Morgan fingerprint density at radius 1 is 1.22 bits per heavy atom. The SMILES string of the molecule is CCC(=O)NC(C)(C)/C=C/n1ncc(C(=O)NC2C3CC4CC2CC(OC(N)=O)(C4)C3)c1-n1cccn1. The quantitative estimate of drug-likeness (QED) is 0.499. The summed E-state index contributed by atoms with van der Waals surface area (Å²) in [5.41, 5.74) is 4.69. The standard InChI is InChI=1S/C26H35N7O4/c1-4-20(34)31-25(2,3)6-9-33-23(32-8-5-7-28-32)19(15-29-33)22(35)30-21-17-10-16-11-18(21)14-26(12-16,13-17)37-24(27)36/h5-9,15-18,21H,4,10-14H2,1-3H3,(H2,27,36)(H,30,35)(H,31,34)/b9-6+. The summed E-state index contributed by atoms with van der Waals surface area (Å²) < 4.78 is 8.81. The second-order valence-corrected chi connectivity index (χ2v) is 11.3. The number of hydrogen-bond acceptors (Lipinski definition) is 6. The van der Waals surface area contributed by atoms with Gasteiger partial charge in [-0.3, -0.25) is 9.59 Å². The number of hydrogen-bond donors (Lipinski definition) is 3. The van der Waals surface area contributed by atoms with Crippen LogP contribution >= 0.6 is 0 Å². The van der Waals surface area contributed by atoms with E-state index in [1.165, 1.54) is 0 Å². The van der Waals surface area contributed by atoms with Crippen LogP contribution in [-0.2, 0) is 9.53 Å². The van der Waals surface area contributed by atoms with E-state index in [4.69, 9.17) is 10.5 Å². The third-order valence-electron chi connectivity index (χ3n) is 7.98. The highest BCUT2D eigenvalue weighted by Crippen LogP contribution is 2.57. The van der Waals surface area contributed by atoms with E-state index in [0.29, 0.717) is 23.7 Å². The summed E-state index contributed by atoms with van der Waals surface area (Å²) in [6.07, 6.45) is 12.5. The minimum atomic E-state index is -0.718. The molecule has 2 unspecified atom stereocenters. The van der Waals surface area contributed by atoms with E-state index in [9.17, 15) is 14.4 Å². The zero-order chi connectivity index (χ0) is 26.4. The van der Waals surface area contributed by atoms with Crippen LogP contribution in [0.5, 0.6) is 0 Å². The molecule has 0 aliphatic heterocycles. The average molecular weight is 510 g/mol. The van der Waals surface area contributed by atoms with E-state index in [1.807, 2.05) is 19.9 Å². The fraction of sp³-hybridized carbons (Fsp3) is 0.577. The second-order valence-electron chi connectivity index (χ2n) is 11.3. The zero-order valence-electron chi connectivity index (χ0n) is 21.5. The van der Waals surface area contributed by atoms with Crippen molar-refractivity contribution >= 4 is 24.1 Å². The maximum absolute atomic E-state index is 13.6. The number of nitrogens with one attached hydrogen (secondary N) is 2. The minimum Gasteiger partial charge on any atom is -0.443 e. The van der Waals surface area contributed by atoms with Gasteiger partial charge in [0, 0.05) is 31.1 Å². The van der Waals surface area contributed by atoms with E-state index >= 15 is 0 Å². The molecule has 4 fully saturated rings. The first-order valence-electron chi connectivity index (χ1n) is 13.0. The van der Waals surface area contributed by atoms with Crippen molar-refractivity contribution in [2.75, 3.05) is 0 Å². The van der Waals surface area contributed by atoms with Crippen LogP contribution in [0.2, 0.25) is 0 Å². The molecule has 4 bridgehead atoms. The van der Waals surface area contributed by atoms with Gasteiger partial charge in [-0.25, -0.2) is 14.2 Å². The molecule has 11 heteroatoms. The van der Waals surface area contributed by atoms with Crippen LogP contribution in [0.3, 0.4) is 0 Å². The number of aromatic nitrogens is 4. The lowest BCUT2D eigenvalue weighted by Gasteiger charge is -2.58. The first-order chi connectivity index (χ1) is 17.6. The molecule has 11 nitrogen and oxygen atoms in total. The predicted molar refractivity (Wildman–Crippen MR) is 135 cm³/mol. The molecule has 4 aliphatic rings. The summed E-state index contributed by atoms with van der Waals surface area (Å²) in [6, 6.07) is 1.78. The van der Waals surface area contributed by atoms with Gasteiger partial charge in [-0.05, 0) is 75.8 Å². The van der Waals surface area contributed by atoms with Crippen LogP contribution in [0.1, 0.15) is 69.7 Å². The lowest BCUT2D eigenvalue weighted by atomic mass is 9.52. The molecule has 198 valence electrons. The fourth-order valence-electron chi connectivity index (χ4n) is 6.75. The molecular weight excluding hydrogens is 474 g/mol. The maximum atomic E-state index is 13.6. The van der Waals surface area contributed by atoms with Gasteiger partial charge in [-0.1, -0.05) is 6.92 Å². The number of nitrogens with two attached hydrogens (primary N) is 1. The highest BCUT2D eigenvalue weighted by molar-refractivity contribution is 5.97. The van der Waals surface area contributed by atoms with Gasteiger partial charge in [0.2, 0.25) is 5.91 Å². The monoisotopic (exact) mass is 509 g/mol. The van der Waals surface area contributed by atoms with Crippen LogP contribution in [0, 0.1) is 17.8 Å². The van der Waals surface area contributed by atoms with E-state index in [-0.39, 0.29) is 29.7 Å². The molecule has 2 atom stereocenters. The van der Waals surface area contributed by atoms with Gasteiger partial charge >= 0.3 is 6.09 Å². The Balaban J connectivity index is 1.37. The van der Waals surface area contributed by atoms with Crippen molar-refractivity contribution in [2.24, 2.45) is 23.5 Å². The van der Waals surface area contributed by atoms with Crippen molar-refractivity contribution in [2.45, 2.75) is 76.5 Å². The summed E-state index contributed by atoms with van der Waals surface area (Å²) in [4.78, 5) is 37.1. The molecule has 6 rings (SSSR count). The Morgan fingerprint density at radius 3 is 2.57 bits per heavy atom. The average Bonchev–Trinajstić information content (AvgIpc) is 3.48. The highest BCUT2D eigenvalue weighted by atomic mass is 16.6. The Bertz CT molecular complexity index is 1200. The highest BCUT2D eigenvalue weighted by Gasteiger charge is 2.57. The van der Waals surface area contributed by atoms with Crippen molar-refractivity contribution in [1.82, 2.24) is 30.2 Å². The zero-order valence-corrected chi connectivity index (χ0v) is 21.5. The number of carbonyl (C=O) groups excluding carboxylic acids is 3. The minimum absolute atomic E-state index is 0.00112. The van der Waals surface area contributed by atoms with Gasteiger partial charge in [0.15, 0.2) is 5.82 Å². The normalized spacial score (nSPS) is 28.4. The van der Waals surface area contributed by atoms with Crippen LogP contribution in [0.25, 0.3) is 12.0 Å². The maximum Gasteiger partial charge on any atom is 0.405 e. The first kappa shape index (κ1) is 25.0.